The topological polar surface area (TPSA) is 29.1 Å². The van der Waals surface area contributed by atoms with Crippen molar-refractivity contribution >= 4 is 29.6 Å². The number of rotatable bonds is 3. The van der Waals surface area contributed by atoms with E-state index in [2.05, 4.69) is 17.4 Å². The molecule has 0 saturated carbocycles. The summed E-state index contributed by atoms with van der Waals surface area (Å²) < 4.78 is 0. The van der Waals surface area contributed by atoms with E-state index in [4.69, 9.17) is 23.2 Å². The first-order valence-corrected chi connectivity index (χ1v) is 7.69. The van der Waals surface area contributed by atoms with E-state index in [-0.39, 0.29) is 6.04 Å². The van der Waals surface area contributed by atoms with E-state index in [1.54, 1.807) is 0 Å². The first-order valence-electron chi connectivity index (χ1n) is 6.94. The number of nitrogens with one attached hydrogen (secondary N) is 1. The number of amides is 1. The third kappa shape index (κ3) is 2.78. The second-order valence-corrected chi connectivity index (χ2v) is 6.08. The molecule has 2 aromatic rings. The number of benzene rings is 2. The average Bonchev–Trinajstić information content (AvgIpc) is 2.51. The van der Waals surface area contributed by atoms with Gasteiger partial charge in [0.2, 0.25) is 6.41 Å². The van der Waals surface area contributed by atoms with Gasteiger partial charge in [-0.15, -0.1) is 0 Å². The molecule has 4 heteroatoms. The largest absolute Gasteiger partial charge is 0.352 e. The number of carbonyl (C=O) groups is 1. The molecule has 0 radical (unpaired) electrons. The lowest BCUT2D eigenvalue weighted by atomic mass is 9.77. The zero-order valence-electron chi connectivity index (χ0n) is 11.4. The summed E-state index contributed by atoms with van der Waals surface area (Å²) in [5, 5.41) is 4.06. The summed E-state index contributed by atoms with van der Waals surface area (Å²) in [6.45, 7) is 0. The van der Waals surface area contributed by atoms with Gasteiger partial charge >= 0.3 is 0 Å². The maximum atomic E-state index is 10.8. The van der Waals surface area contributed by atoms with E-state index < -0.39 is 0 Å². The van der Waals surface area contributed by atoms with Crippen LogP contribution in [0, 0.1) is 0 Å². The van der Waals surface area contributed by atoms with Crippen molar-refractivity contribution in [2.75, 3.05) is 0 Å². The highest BCUT2D eigenvalue weighted by Gasteiger charge is 2.27. The van der Waals surface area contributed by atoms with Crippen molar-refractivity contribution in [3.05, 3.63) is 69.2 Å². The molecule has 2 aromatic carbocycles. The van der Waals surface area contributed by atoms with Crippen LogP contribution in [0.25, 0.3) is 0 Å². The quantitative estimate of drug-likeness (QED) is 0.816. The molecule has 1 aliphatic rings. The first kappa shape index (κ1) is 14.4. The molecule has 3 rings (SSSR count). The third-order valence-corrected chi connectivity index (χ3v) is 4.85. The summed E-state index contributed by atoms with van der Waals surface area (Å²) >= 11 is 12.2. The molecule has 21 heavy (non-hydrogen) atoms. The highest BCUT2D eigenvalue weighted by atomic mass is 35.5. The minimum absolute atomic E-state index is 0.0951. The van der Waals surface area contributed by atoms with Crippen LogP contribution in [0.1, 0.15) is 41.5 Å². The van der Waals surface area contributed by atoms with Crippen molar-refractivity contribution in [2.24, 2.45) is 0 Å². The smallest absolute Gasteiger partial charge is 0.207 e. The van der Waals surface area contributed by atoms with E-state index >= 15 is 0 Å². The maximum Gasteiger partial charge on any atom is 0.207 e. The Balaban J connectivity index is 2.02. The Kier molecular flexibility index (Phi) is 4.18. The lowest BCUT2D eigenvalue weighted by Crippen LogP contribution is -2.26. The van der Waals surface area contributed by atoms with Crippen molar-refractivity contribution in [1.82, 2.24) is 5.32 Å². The van der Waals surface area contributed by atoms with Gasteiger partial charge in [-0.25, -0.2) is 0 Å². The van der Waals surface area contributed by atoms with Crippen LogP contribution in [-0.4, -0.2) is 6.41 Å². The second kappa shape index (κ2) is 6.08. The number of carbonyl (C=O) groups excluding carboxylic acids is 1. The fourth-order valence-electron chi connectivity index (χ4n) is 3.12. The Morgan fingerprint density at radius 2 is 1.76 bits per heavy atom. The molecule has 0 saturated heterocycles. The van der Waals surface area contributed by atoms with Gasteiger partial charge in [-0.2, -0.15) is 0 Å². The number of fused-ring (bicyclic) bond motifs is 1. The summed E-state index contributed by atoms with van der Waals surface area (Å²) in [7, 11) is 0. The molecule has 0 bridgehead atoms. The van der Waals surface area contributed by atoms with Gasteiger partial charge in [-0.05, 0) is 41.7 Å². The molecule has 1 N–H and O–H groups in total. The average molecular weight is 320 g/mol. The van der Waals surface area contributed by atoms with Gasteiger partial charge in [-0.1, -0.05) is 53.5 Å². The highest BCUT2D eigenvalue weighted by molar-refractivity contribution is 6.42. The SMILES string of the molecule is O=CN[C@H]1CCC(c2ccc(Cl)c(Cl)c2)c2ccccc21. The number of hydrogen-bond donors (Lipinski definition) is 1. The van der Waals surface area contributed by atoms with Crippen LogP contribution in [0.4, 0.5) is 0 Å². The van der Waals surface area contributed by atoms with Gasteiger partial charge in [-0.3, -0.25) is 4.79 Å². The Morgan fingerprint density at radius 1 is 1.00 bits per heavy atom. The van der Waals surface area contributed by atoms with Gasteiger partial charge in [0, 0.05) is 5.92 Å². The molecule has 2 nitrogen and oxygen atoms in total. The van der Waals surface area contributed by atoms with Gasteiger partial charge in [0.25, 0.3) is 0 Å². The van der Waals surface area contributed by atoms with E-state index in [1.165, 1.54) is 16.7 Å². The molecule has 0 aromatic heterocycles. The van der Waals surface area contributed by atoms with E-state index in [0.717, 1.165) is 19.3 Å². The van der Waals surface area contributed by atoms with Crippen molar-refractivity contribution in [3.8, 4) is 0 Å². The standard InChI is InChI=1S/C17H15Cl2NO/c18-15-7-5-11(9-16(15)19)12-6-8-17(20-10-21)14-4-2-1-3-13(12)14/h1-5,7,9-10,12,17H,6,8H2,(H,20,21)/t12?,17-/m0/s1. The van der Waals surface area contributed by atoms with Crippen LogP contribution in [-0.2, 0) is 4.79 Å². The summed E-state index contributed by atoms with van der Waals surface area (Å²) in [5.74, 6) is 0.292. The highest BCUT2D eigenvalue weighted by Crippen LogP contribution is 2.42. The predicted molar refractivity (Wildman–Crippen MR) is 85.9 cm³/mol. The molecule has 1 unspecified atom stereocenters. The maximum absolute atomic E-state index is 10.8. The predicted octanol–water partition coefficient (Wildman–Crippen LogP) is 4.71. The Hall–Kier alpha value is -1.51. The molecule has 0 fully saturated rings. The summed E-state index contributed by atoms with van der Waals surface area (Å²) in [4.78, 5) is 10.8. The van der Waals surface area contributed by atoms with Crippen molar-refractivity contribution in [3.63, 3.8) is 0 Å². The summed E-state index contributed by atoms with van der Waals surface area (Å²) in [6, 6.07) is 14.2. The van der Waals surface area contributed by atoms with Crippen molar-refractivity contribution in [1.29, 1.82) is 0 Å². The Labute approximate surface area is 134 Å². The van der Waals surface area contributed by atoms with Crippen LogP contribution in [0.5, 0.6) is 0 Å². The van der Waals surface area contributed by atoms with Crippen LogP contribution in [0.15, 0.2) is 42.5 Å². The van der Waals surface area contributed by atoms with E-state index in [0.29, 0.717) is 16.0 Å². The Bertz CT molecular complexity index is 672. The minimum atomic E-state index is 0.0951. The zero-order chi connectivity index (χ0) is 14.8. The second-order valence-electron chi connectivity index (χ2n) is 5.27. The fourth-order valence-corrected chi connectivity index (χ4v) is 3.43. The molecular formula is C17H15Cl2NO. The van der Waals surface area contributed by atoms with Crippen molar-refractivity contribution < 1.29 is 4.79 Å². The lowest BCUT2D eigenvalue weighted by Gasteiger charge is -2.31. The van der Waals surface area contributed by atoms with Crippen LogP contribution in [0.2, 0.25) is 10.0 Å². The van der Waals surface area contributed by atoms with Crippen LogP contribution in [0.3, 0.4) is 0 Å². The van der Waals surface area contributed by atoms with Crippen molar-refractivity contribution in [2.45, 2.75) is 24.8 Å². The van der Waals surface area contributed by atoms with E-state index in [9.17, 15) is 4.79 Å². The molecule has 0 spiro atoms. The molecule has 1 amide bonds. The fraction of sp³-hybridized carbons (Fsp3) is 0.235. The van der Waals surface area contributed by atoms with Crippen LogP contribution >= 0.6 is 23.2 Å². The third-order valence-electron chi connectivity index (χ3n) is 4.11. The number of halogens is 2. The monoisotopic (exact) mass is 319 g/mol. The Morgan fingerprint density at radius 3 is 2.48 bits per heavy atom. The first-order chi connectivity index (χ1) is 10.2. The number of hydrogen-bond acceptors (Lipinski definition) is 1. The van der Waals surface area contributed by atoms with Crippen LogP contribution < -0.4 is 5.32 Å². The van der Waals surface area contributed by atoms with Gasteiger partial charge in [0.05, 0.1) is 16.1 Å². The summed E-state index contributed by atoms with van der Waals surface area (Å²) in [6.07, 6.45) is 2.67. The van der Waals surface area contributed by atoms with Gasteiger partial charge in [0.1, 0.15) is 0 Å². The molecule has 0 aliphatic heterocycles. The molecule has 0 heterocycles. The minimum Gasteiger partial charge on any atom is -0.352 e. The lowest BCUT2D eigenvalue weighted by molar-refractivity contribution is -0.110. The van der Waals surface area contributed by atoms with E-state index in [1.807, 2.05) is 30.3 Å². The molecule has 108 valence electrons. The molecule has 1 aliphatic carbocycles. The molecular weight excluding hydrogens is 305 g/mol. The summed E-state index contributed by atoms with van der Waals surface area (Å²) in [5.41, 5.74) is 3.61. The normalized spacial score (nSPS) is 20.7. The zero-order valence-corrected chi connectivity index (χ0v) is 12.9. The molecule has 2 atom stereocenters. The van der Waals surface area contributed by atoms with Gasteiger partial charge in [0.15, 0.2) is 0 Å². The van der Waals surface area contributed by atoms with Gasteiger partial charge < -0.3 is 5.32 Å².